The van der Waals surface area contributed by atoms with Gasteiger partial charge in [-0.3, -0.25) is 0 Å². The van der Waals surface area contributed by atoms with Crippen molar-refractivity contribution in [2.75, 3.05) is 13.2 Å². The van der Waals surface area contributed by atoms with Gasteiger partial charge in [0.1, 0.15) is 23.1 Å². The average Bonchev–Trinajstić information content (AvgIpc) is 3.71. The van der Waals surface area contributed by atoms with Gasteiger partial charge < -0.3 is 28.4 Å². The van der Waals surface area contributed by atoms with Crippen molar-refractivity contribution in [2.24, 2.45) is 0 Å². The van der Waals surface area contributed by atoms with Crippen molar-refractivity contribution < 1.29 is 56.4 Å². The van der Waals surface area contributed by atoms with Crippen LogP contribution in [0.25, 0.3) is 22.3 Å². The van der Waals surface area contributed by atoms with E-state index in [1.165, 1.54) is 133 Å². The Balaban J connectivity index is 0.838. The monoisotopic (exact) mass is 1140 g/mol. The van der Waals surface area contributed by atoms with Gasteiger partial charge in [0.05, 0.1) is 35.5 Å². The predicted molar refractivity (Wildman–Crippen MR) is 322 cm³/mol. The average molecular weight is 1140 g/mol. The van der Waals surface area contributed by atoms with E-state index in [2.05, 4.69) is 13.8 Å². The van der Waals surface area contributed by atoms with E-state index in [-0.39, 0.29) is 39.3 Å². The molecule has 0 unspecified atom stereocenters. The number of benzene rings is 7. The van der Waals surface area contributed by atoms with Crippen molar-refractivity contribution in [3.8, 4) is 62.8 Å². The Labute approximate surface area is 492 Å². The number of esters is 4. The maximum Gasteiger partial charge on any atom is 0.343 e. The minimum absolute atomic E-state index is 0.168. The first kappa shape index (κ1) is 63.0. The Morgan fingerprint density at radius 3 is 0.964 bits per heavy atom. The third kappa shape index (κ3) is 19.8. The number of hydrogen-bond donors (Lipinski definition) is 0. The molecule has 0 bridgehead atoms. The van der Waals surface area contributed by atoms with Crippen LogP contribution in [0, 0.1) is 23.0 Å². The Morgan fingerprint density at radius 2 is 0.643 bits per heavy atom. The van der Waals surface area contributed by atoms with E-state index in [0.29, 0.717) is 13.2 Å². The zero-order valence-electron chi connectivity index (χ0n) is 48.3. The van der Waals surface area contributed by atoms with E-state index in [1.54, 1.807) is 48.5 Å². The smallest absolute Gasteiger partial charge is 0.343 e. The number of hydrogen-bond acceptors (Lipinski definition) is 11. The second-order valence-electron chi connectivity index (χ2n) is 20.9. The highest BCUT2D eigenvalue weighted by Crippen LogP contribution is 2.32. The molecular formula is C71H75F2NO10. The first-order chi connectivity index (χ1) is 41.0. The lowest BCUT2D eigenvalue weighted by Crippen LogP contribution is -2.14. The molecular weight excluding hydrogens is 1060 g/mol. The van der Waals surface area contributed by atoms with Crippen molar-refractivity contribution in [1.29, 1.82) is 5.26 Å². The third-order valence-corrected chi connectivity index (χ3v) is 14.4. The van der Waals surface area contributed by atoms with Gasteiger partial charge in [-0.15, -0.1) is 0 Å². The van der Waals surface area contributed by atoms with Gasteiger partial charge in [-0.2, -0.15) is 5.26 Å². The van der Waals surface area contributed by atoms with Crippen LogP contribution in [0.1, 0.15) is 189 Å². The quantitative estimate of drug-likeness (QED) is 0.0216. The molecule has 0 spiro atoms. The van der Waals surface area contributed by atoms with Crippen molar-refractivity contribution in [3.05, 3.63) is 191 Å². The predicted octanol–water partition coefficient (Wildman–Crippen LogP) is 18.6. The topological polar surface area (TPSA) is 147 Å². The molecule has 7 aromatic rings. The molecule has 0 fully saturated rings. The molecule has 11 nitrogen and oxygen atoms in total. The molecule has 438 valence electrons. The fourth-order valence-electron chi connectivity index (χ4n) is 9.49. The Bertz CT molecular complexity index is 3050. The van der Waals surface area contributed by atoms with E-state index in [4.69, 9.17) is 28.4 Å². The van der Waals surface area contributed by atoms with Gasteiger partial charge in [0.25, 0.3) is 0 Å². The molecule has 7 rings (SSSR count). The van der Waals surface area contributed by atoms with Gasteiger partial charge in [0.15, 0.2) is 34.6 Å². The Kier molecular flexibility index (Phi) is 25.6. The van der Waals surface area contributed by atoms with Crippen LogP contribution >= 0.6 is 0 Å². The first-order valence-electron chi connectivity index (χ1n) is 29.7. The van der Waals surface area contributed by atoms with Gasteiger partial charge in [-0.25, -0.2) is 28.0 Å². The summed E-state index contributed by atoms with van der Waals surface area (Å²) >= 11 is 0. The minimum atomic E-state index is -1.08. The highest BCUT2D eigenvalue weighted by atomic mass is 19.1. The number of nitriles is 1. The zero-order chi connectivity index (χ0) is 59.3. The molecule has 0 aliphatic heterocycles. The van der Waals surface area contributed by atoms with Gasteiger partial charge in [0, 0.05) is 0 Å². The van der Waals surface area contributed by atoms with Crippen LogP contribution < -0.4 is 28.4 Å². The van der Waals surface area contributed by atoms with Crippen molar-refractivity contribution >= 4 is 23.9 Å². The SMILES string of the molecule is CCCCCCCCCCCCOc1ccc(-c2ccc(C(=O)Oc3ccc(C(=O)Oc4cccc(OC(=O)c5ccc(OC(=O)c6ccc(-c7ccc(OCCCCCCCCCCCC)cc7)cc6)c(F)c5)c4C#N)cc3F)cc2)cc1. The van der Waals surface area contributed by atoms with Crippen LogP contribution in [0.15, 0.2) is 152 Å². The molecule has 0 saturated heterocycles. The lowest BCUT2D eigenvalue weighted by molar-refractivity contribution is 0.0716. The molecule has 84 heavy (non-hydrogen) atoms. The van der Waals surface area contributed by atoms with Crippen molar-refractivity contribution in [1.82, 2.24) is 0 Å². The fourth-order valence-corrected chi connectivity index (χ4v) is 9.49. The summed E-state index contributed by atoms with van der Waals surface area (Å²) in [7, 11) is 0. The summed E-state index contributed by atoms with van der Waals surface area (Å²) in [5.74, 6) is -5.83. The fraction of sp³-hybridized carbons (Fsp3) is 0.338. The molecule has 0 aliphatic carbocycles. The molecule has 0 aliphatic rings. The van der Waals surface area contributed by atoms with Crippen LogP contribution in [-0.2, 0) is 0 Å². The summed E-state index contributed by atoms with van der Waals surface area (Å²) in [6.07, 6.45) is 25.2. The lowest BCUT2D eigenvalue weighted by Gasteiger charge is -2.12. The largest absolute Gasteiger partial charge is 0.494 e. The summed E-state index contributed by atoms with van der Waals surface area (Å²) in [6.45, 7) is 5.81. The number of carbonyl (C=O) groups is 4. The number of nitrogens with zero attached hydrogens (tertiary/aromatic N) is 1. The van der Waals surface area contributed by atoms with E-state index in [0.717, 1.165) is 83.7 Å². The molecule has 0 saturated carbocycles. The molecule has 0 heterocycles. The molecule has 13 heteroatoms. The Hall–Kier alpha value is -8.63. The Morgan fingerprint density at radius 1 is 0.357 bits per heavy atom. The first-order valence-corrected chi connectivity index (χ1v) is 29.7. The second-order valence-corrected chi connectivity index (χ2v) is 20.9. The maximum atomic E-state index is 15.3. The van der Waals surface area contributed by atoms with Crippen LogP contribution in [-0.4, -0.2) is 37.1 Å². The normalized spacial score (nSPS) is 10.9. The summed E-state index contributed by atoms with van der Waals surface area (Å²) in [4.78, 5) is 52.6. The van der Waals surface area contributed by atoms with Gasteiger partial charge in [-0.1, -0.05) is 184 Å². The standard InChI is InChI=1S/C71H75F2NO10/c1-3-5-7-9-11-13-15-17-19-21-46-79-59-40-34-53(35-41-59)51-26-30-55(31-27-51)68(75)83-66-44-38-57(48-62(66)72)70(77)81-64-24-23-25-65(61(64)50-74)82-71(78)58-39-45-67(63(73)49-58)84-69(76)56-32-28-52(29-33-56)54-36-42-60(43-37-54)80-47-22-20-18-16-14-12-10-8-6-4-2/h23-45,48-49H,3-22,46-47H2,1-2H3. The molecule has 0 radical (unpaired) electrons. The molecule has 7 aromatic carbocycles. The highest BCUT2D eigenvalue weighted by Gasteiger charge is 2.22. The molecule has 0 N–H and O–H groups in total. The third-order valence-electron chi connectivity index (χ3n) is 14.4. The molecule has 0 amide bonds. The van der Waals surface area contributed by atoms with E-state index in [1.807, 2.05) is 54.6 Å². The lowest BCUT2D eigenvalue weighted by atomic mass is 10.0. The van der Waals surface area contributed by atoms with Crippen LogP contribution in [0.5, 0.6) is 34.5 Å². The summed E-state index contributed by atoms with van der Waals surface area (Å²) < 4.78 is 64.1. The highest BCUT2D eigenvalue weighted by molar-refractivity contribution is 5.95. The summed E-state index contributed by atoms with van der Waals surface area (Å²) in [5, 5.41) is 10.0. The number of carbonyl (C=O) groups excluding carboxylic acids is 4. The zero-order valence-corrected chi connectivity index (χ0v) is 48.3. The molecule has 0 aromatic heterocycles. The van der Waals surface area contributed by atoms with E-state index < -0.39 is 47.0 Å². The number of halogens is 2. The number of rotatable bonds is 34. The minimum Gasteiger partial charge on any atom is -0.494 e. The van der Waals surface area contributed by atoms with Gasteiger partial charge >= 0.3 is 23.9 Å². The number of unbranched alkanes of at least 4 members (excludes halogenated alkanes) is 18. The van der Waals surface area contributed by atoms with Gasteiger partial charge in [-0.05, 0) is 132 Å². The summed E-state index contributed by atoms with van der Waals surface area (Å²) in [5.41, 5.74) is 2.94. The van der Waals surface area contributed by atoms with Crippen molar-refractivity contribution in [3.63, 3.8) is 0 Å². The van der Waals surface area contributed by atoms with Crippen LogP contribution in [0.4, 0.5) is 8.78 Å². The molecule has 0 atom stereocenters. The second kappa shape index (κ2) is 34.1. The van der Waals surface area contributed by atoms with Gasteiger partial charge in [0.2, 0.25) is 0 Å². The van der Waals surface area contributed by atoms with E-state index in [9.17, 15) is 24.4 Å². The van der Waals surface area contributed by atoms with Crippen LogP contribution in [0.2, 0.25) is 0 Å². The van der Waals surface area contributed by atoms with Crippen LogP contribution in [0.3, 0.4) is 0 Å². The maximum absolute atomic E-state index is 15.3. The van der Waals surface area contributed by atoms with Crippen molar-refractivity contribution in [2.45, 2.75) is 142 Å². The van der Waals surface area contributed by atoms with E-state index >= 15 is 8.78 Å². The number of ether oxygens (including phenoxy) is 6. The summed E-state index contributed by atoms with van der Waals surface area (Å²) in [6, 6.07) is 40.6.